The fourth-order valence-corrected chi connectivity index (χ4v) is 2.64. The Morgan fingerprint density at radius 3 is 2.80 bits per heavy atom. The summed E-state index contributed by atoms with van der Waals surface area (Å²) in [5.41, 5.74) is 1.75. The summed E-state index contributed by atoms with van der Waals surface area (Å²) in [4.78, 5) is 23.9. The molecule has 0 spiro atoms. The summed E-state index contributed by atoms with van der Waals surface area (Å²) in [5, 5.41) is 17.6. The summed E-state index contributed by atoms with van der Waals surface area (Å²) in [7, 11) is 0. The highest BCUT2D eigenvalue weighted by Gasteiger charge is 2.38. The number of hydrogen-bond acceptors (Lipinski definition) is 7. The van der Waals surface area contributed by atoms with Gasteiger partial charge in [0.1, 0.15) is 12.0 Å². The van der Waals surface area contributed by atoms with Crippen molar-refractivity contribution in [3.63, 3.8) is 0 Å². The summed E-state index contributed by atoms with van der Waals surface area (Å²) >= 11 is 0. The van der Waals surface area contributed by atoms with Crippen molar-refractivity contribution in [2.75, 3.05) is 6.54 Å². The summed E-state index contributed by atoms with van der Waals surface area (Å²) in [6.07, 6.45) is 6.10. The number of oxazole rings is 1. The predicted molar refractivity (Wildman–Crippen MR) is 85.0 cm³/mol. The van der Waals surface area contributed by atoms with E-state index in [1.54, 1.807) is 30.4 Å². The summed E-state index contributed by atoms with van der Waals surface area (Å²) in [5.74, 6) is 0.176. The van der Waals surface area contributed by atoms with Crippen LogP contribution in [0.25, 0.3) is 5.69 Å². The third-order valence-corrected chi connectivity index (χ3v) is 4.26. The lowest BCUT2D eigenvalue weighted by atomic mass is 10.0. The molecule has 4 rings (SSSR count). The number of carbonyl (C=O) groups excluding carboxylic acids is 1. The lowest BCUT2D eigenvalue weighted by molar-refractivity contribution is -0.0360. The Morgan fingerprint density at radius 2 is 2.16 bits per heavy atom. The van der Waals surface area contributed by atoms with Gasteiger partial charge < -0.3 is 14.4 Å². The largest absolute Gasteiger partial charge is 0.448 e. The van der Waals surface area contributed by atoms with Gasteiger partial charge in [0, 0.05) is 12.2 Å². The number of aliphatic hydroxyl groups is 1. The van der Waals surface area contributed by atoms with Crippen molar-refractivity contribution < 1.29 is 14.3 Å². The molecule has 1 fully saturated rings. The van der Waals surface area contributed by atoms with Crippen LogP contribution in [-0.2, 0) is 6.42 Å². The van der Waals surface area contributed by atoms with Crippen LogP contribution in [0.5, 0.6) is 0 Å². The number of nitrogens with zero attached hydrogens (tertiary/aromatic N) is 6. The smallest absolute Gasteiger partial charge is 0.276 e. The molecule has 9 nitrogen and oxygen atoms in total. The van der Waals surface area contributed by atoms with E-state index in [-0.39, 0.29) is 17.6 Å². The van der Waals surface area contributed by atoms with Gasteiger partial charge in [0.25, 0.3) is 5.91 Å². The van der Waals surface area contributed by atoms with Gasteiger partial charge in [-0.1, -0.05) is 0 Å². The summed E-state index contributed by atoms with van der Waals surface area (Å²) in [6, 6.07) is 3.48. The van der Waals surface area contributed by atoms with Gasteiger partial charge in [-0.05, 0) is 19.1 Å². The van der Waals surface area contributed by atoms with Crippen LogP contribution >= 0.6 is 0 Å². The van der Waals surface area contributed by atoms with Gasteiger partial charge in [-0.3, -0.25) is 9.78 Å². The number of aromatic nitrogens is 5. The lowest BCUT2D eigenvalue weighted by Gasteiger charge is -2.42. The second kappa shape index (κ2) is 6.10. The van der Waals surface area contributed by atoms with E-state index in [9.17, 15) is 9.90 Å². The van der Waals surface area contributed by atoms with E-state index >= 15 is 0 Å². The molecule has 1 amide bonds. The zero-order valence-corrected chi connectivity index (χ0v) is 13.5. The molecule has 25 heavy (non-hydrogen) atoms. The fraction of sp³-hybridized carbons (Fsp3) is 0.312. The summed E-state index contributed by atoms with van der Waals surface area (Å²) in [6.45, 7) is 2.12. The fourth-order valence-electron chi connectivity index (χ4n) is 2.64. The molecule has 1 aliphatic heterocycles. The molecule has 1 aliphatic rings. The lowest BCUT2D eigenvalue weighted by Crippen LogP contribution is -2.60. The van der Waals surface area contributed by atoms with Crippen molar-refractivity contribution in [2.24, 2.45) is 0 Å². The second-order valence-corrected chi connectivity index (χ2v) is 5.89. The topological polar surface area (TPSA) is 110 Å². The van der Waals surface area contributed by atoms with Crippen molar-refractivity contribution in [1.29, 1.82) is 0 Å². The highest BCUT2D eigenvalue weighted by Crippen LogP contribution is 2.20. The first-order valence-corrected chi connectivity index (χ1v) is 7.87. The molecule has 4 heterocycles. The van der Waals surface area contributed by atoms with E-state index in [1.807, 2.05) is 12.1 Å². The number of rotatable bonds is 4. The molecule has 0 aliphatic carbocycles. The van der Waals surface area contributed by atoms with Crippen LogP contribution in [0, 0.1) is 0 Å². The SMILES string of the molecule is C[C@@H]1[C@H](O)CN1C(=O)c1coc(Cc2ccc(-n3nccn3)cn2)n1. The number of amides is 1. The third kappa shape index (κ3) is 2.89. The van der Waals surface area contributed by atoms with Gasteiger partial charge in [-0.25, -0.2) is 4.98 Å². The number of hydrogen-bond donors (Lipinski definition) is 1. The zero-order chi connectivity index (χ0) is 17.4. The van der Waals surface area contributed by atoms with E-state index in [0.717, 1.165) is 11.4 Å². The van der Waals surface area contributed by atoms with Gasteiger partial charge >= 0.3 is 0 Å². The number of likely N-dealkylation sites (tertiary alicyclic amines) is 1. The van der Waals surface area contributed by atoms with E-state index in [2.05, 4.69) is 20.2 Å². The van der Waals surface area contributed by atoms with Crippen LogP contribution in [0.1, 0.15) is 29.0 Å². The first-order chi connectivity index (χ1) is 12.1. The molecular formula is C16H16N6O3. The highest BCUT2D eigenvalue weighted by molar-refractivity contribution is 5.92. The Hall–Kier alpha value is -3.07. The number of β-amino-alcohol motifs (C(OH)–C–C–N with tert-alkyl or cyclic N) is 1. The predicted octanol–water partition coefficient (Wildman–Crippen LogP) is 0.446. The highest BCUT2D eigenvalue weighted by atomic mass is 16.3. The van der Waals surface area contributed by atoms with Crippen LogP contribution in [0.15, 0.2) is 41.4 Å². The molecule has 1 saturated heterocycles. The van der Waals surface area contributed by atoms with Crippen molar-refractivity contribution in [2.45, 2.75) is 25.5 Å². The van der Waals surface area contributed by atoms with Gasteiger partial charge in [0.15, 0.2) is 5.69 Å². The maximum Gasteiger partial charge on any atom is 0.276 e. The van der Waals surface area contributed by atoms with E-state index in [4.69, 9.17) is 4.42 Å². The normalized spacial score (nSPS) is 19.7. The Kier molecular flexibility index (Phi) is 3.77. The minimum absolute atomic E-state index is 0.197. The van der Waals surface area contributed by atoms with Gasteiger partial charge in [0.2, 0.25) is 5.89 Å². The Morgan fingerprint density at radius 1 is 1.36 bits per heavy atom. The molecule has 0 radical (unpaired) electrons. The molecule has 3 aromatic rings. The van der Waals surface area contributed by atoms with Crippen molar-refractivity contribution in [3.05, 3.63) is 54.3 Å². The zero-order valence-electron chi connectivity index (χ0n) is 13.5. The summed E-state index contributed by atoms with van der Waals surface area (Å²) < 4.78 is 5.38. The Balaban J connectivity index is 1.43. The van der Waals surface area contributed by atoms with Crippen LogP contribution in [0.4, 0.5) is 0 Å². The minimum atomic E-state index is -0.470. The van der Waals surface area contributed by atoms with E-state index < -0.39 is 6.10 Å². The average Bonchev–Trinajstić information content (AvgIpc) is 3.31. The average molecular weight is 340 g/mol. The molecule has 0 bridgehead atoms. The van der Waals surface area contributed by atoms with Gasteiger partial charge in [-0.15, -0.1) is 0 Å². The molecule has 3 aromatic heterocycles. The Bertz CT molecular complexity index is 874. The van der Waals surface area contributed by atoms with Gasteiger partial charge in [0.05, 0.1) is 37.2 Å². The van der Waals surface area contributed by atoms with Crippen molar-refractivity contribution in [1.82, 2.24) is 29.9 Å². The quantitative estimate of drug-likeness (QED) is 0.734. The van der Waals surface area contributed by atoms with Crippen LogP contribution in [0.3, 0.4) is 0 Å². The van der Waals surface area contributed by atoms with Crippen LogP contribution < -0.4 is 0 Å². The van der Waals surface area contributed by atoms with Crippen LogP contribution in [0.2, 0.25) is 0 Å². The van der Waals surface area contributed by atoms with Gasteiger partial charge in [-0.2, -0.15) is 15.0 Å². The maximum absolute atomic E-state index is 12.3. The first-order valence-electron chi connectivity index (χ1n) is 7.87. The van der Waals surface area contributed by atoms with E-state index in [0.29, 0.717) is 18.9 Å². The minimum Gasteiger partial charge on any atom is -0.448 e. The van der Waals surface area contributed by atoms with Crippen LogP contribution in [-0.4, -0.2) is 59.6 Å². The third-order valence-electron chi connectivity index (χ3n) is 4.26. The molecule has 0 aromatic carbocycles. The standard InChI is InChI=1S/C16H16N6O3/c1-10-14(23)8-21(10)16(24)13-9-25-15(20-13)6-11-2-3-12(7-17-11)22-18-4-5-19-22/h2-5,7,9-10,14,23H,6,8H2,1H3/t10-,14-/m1/s1. The molecule has 1 N–H and O–H groups in total. The number of carbonyl (C=O) groups is 1. The molecule has 0 unspecified atom stereocenters. The van der Waals surface area contributed by atoms with Crippen molar-refractivity contribution in [3.8, 4) is 5.69 Å². The first kappa shape index (κ1) is 15.5. The second-order valence-electron chi connectivity index (χ2n) is 5.89. The Labute approximate surface area is 142 Å². The number of pyridine rings is 1. The van der Waals surface area contributed by atoms with E-state index in [1.165, 1.54) is 11.1 Å². The monoisotopic (exact) mass is 340 g/mol. The molecule has 128 valence electrons. The molecular weight excluding hydrogens is 324 g/mol. The molecule has 9 heteroatoms. The number of aliphatic hydroxyl groups excluding tert-OH is 1. The molecule has 0 saturated carbocycles. The van der Waals surface area contributed by atoms with Crippen molar-refractivity contribution >= 4 is 5.91 Å². The molecule has 2 atom stereocenters. The maximum atomic E-state index is 12.3.